The van der Waals surface area contributed by atoms with Crippen molar-refractivity contribution in [2.45, 2.75) is 6.04 Å². The van der Waals surface area contributed by atoms with Gasteiger partial charge in [0, 0.05) is 31.1 Å². The Bertz CT molecular complexity index is 508. The van der Waals surface area contributed by atoms with Crippen molar-refractivity contribution in [1.82, 2.24) is 10.2 Å². The van der Waals surface area contributed by atoms with Crippen molar-refractivity contribution in [1.29, 1.82) is 0 Å². The van der Waals surface area contributed by atoms with Gasteiger partial charge in [-0.15, -0.1) is 12.4 Å². The summed E-state index contributed by atoms with van der Waals surface area (Å²) in [6, 6.07) is 9.37. The van der Waals surface area contributed by atoms with Crippen LogP contribution in [0.2, 0.25) is 0 Å². The van der Waals surface area contributed by atoms with E-state index in [0.717, 1.165) is 36.8 Å². The van der Waals surface area contributed by atoms with Crippen LogP contribution in [-0.4, -0.2) is 53.1 Å². The molecule has 2 aliphatic heterocycles. The van der Waals surface area contributed by atoms with Gasteiger partial charge in [-0.2, -0.15) is 11.8 Å². The highest BCUT2D eigenvalue weighted by Gasteiger charge is 2.37. The van der Waals surface area contributed by atoms with Crippen molar-refractivity contribution in [3.63, 3.8) is 0 Å². The topological polar surface area (TPSA) is 35.6 Å². The summed E-state index contributed by atoms with van der Waals surface area (Å²) in [5, 5.41) is 3.67. The van der Waals surface area contributed by atoms with Gasteiger partial charge < -0.3 is 5.32 Å². The Labute approximate surface area is 140 Å². The molecule has 0 bridgehead atoms. The van der Waals surface area contributed by atoms with Gasteiger partial charge in [0.25, 0.3) is 5.91 Å². The van der Waals surface area contributed by atoms with Crippen molar-refractivity contribution < 1.29 is 4.79 Å². The molecule has 0 spiro atoms. The van der Waals surface area contributed by atoms with Crippen LogP contribution < -0.4 is 10.2 Å². The van der Waals surface area contributed by atoms with Gasteiger partial charge in [0.2, 0.25) is 0 Å². The molecule has 0 aliphatic carbocycles. The first-order valence-electron chi connectivity index (χ1n) is 6.75. The number of thioether (sulfide) groups is 1. The van der Waals surface area contributed by atoms with Crippen molar-refractivity contribution in [2.24, 2.45) is 0 Å². The monoisotopic (exact) mass is 343 g/mol. The molecule has 2 fully saturated rings. The van der Waals surface area contributed by atoms with Crippen LogP contribution in [0.4, 0.5) is 5.69 Å². The number of carbonyl (C=O) groups is 1. The van der Waals surface area contributed by atoms with E-state index in [-0.39, 0.29) is 24.4 Å². The normalized spacial score (nSPS) is 22.9. The van der Waals surface area contributed by atoms with Gasteiger partial charge in [-0.3, -0.25) is 14.6 Å². The minimum absolute atomic E-state index is 0. The van der Waals surface area contributed by atoms with E-state index >= 15 is 0 Å². The van der Waals surface area contributed by atoms with Crippen molar-refractivity contribution in [3.05, 3.63) is 30.3 Å². The van der Waals surface area contributed by atoms with Gasteiger partial charge in [-0.25, -0.2) is 0 Å². The predicted molar refractivity (Wildman–Crippen MR) is 94.5 cm³/mol. The number of rotatable bonds is 3. The summed E-state index contributed by atoms with van der Waals surface area (Å²) in [6.07, 6.45) is 0. The first kappa shape index (κ1) is 16.5. The predicted octanol–water partition coefficient (Wildman–Crippen LogP) is 1.75. The van der Waals surface area contributed by atoms with Crippen LogP contribution in [0.25, 0.3) is 0 Å². The molecule has 1 aromatic carbocycles. The molecule has 0 saturated carbocycles. The van der Waals surface area contributed by atoms with Crippen molar-refractivity contribution in [3.8, 4) is 0 Å². The van der Waals surface area contributed by atoms with E-state index in [0.29, 0.717) is 5.11 Å². The zero-order valence-corrected chi connectivity index (χ0v) is 14.0. The Hall–Kier alpha value is -0.820. The number of anilines is 1. The molecule has 21 heavy (non-hydrogen) atoms. The van der Waals surface area contributed by atoms with E-state index in [9.17, 15) is 4.79 Å². The second kappa shape index (κ2) is 7.45. The summed E-state index contributed by atoms with van der Waals surface area (Å²) in [7, 11) is 0. The van der Waals surface area contributed by atoms with E-state index in [1.54, 1.807) is 4.90 Å². The molecule has 1 amide bonds. The summed E-state index contributed by atoms with van der Waals surface area (Å²) in [4.78, 5) is 16.5. The SMILES string of the molecule is Cl.O=C1C(CN2CCSCC2)NC(=S)N1c1ccccc1. The Kier molecular flexibility index (Phi) is 5.87. The standard InChI is InChI=1S/C14H17N3OS2.ClH/c18-13-12(10-16-6-8-20-9-7-16)15-14(19)17(13)11-4-2-1-3-5-11;/h1-5,12H,6-10H2,(H,15,19);1H. The fraction of sp³-hybridized carbons (Fsp3) is 0.429. The molecule has 1 atom stereocenters. The molecule has 3 rings (SSSR count). The molecule has 1 aromatic rings. The largest absolute Gasteiger partial charge is 0.349 e. The minimum atomic E-state index is -0.217. The number of nitrogens with zero attached hydrogens (tertiary/aromatic N) is 2. The Morgan fingerprint density at radius 1 is 1.24 bits per heavy atom. The Balaban J connectivity index is 0.00000161. The summed E-state index contributed by atoms with van der Waals surface area (Å²) < 4.78 is 0. The molecule has 4 nitrogen and oxygen atoms in total. The molecular formula is C14H18ClN3OS2. The number of amides is 1. The van der Waals surface area contributed by atoms with Crippen LogP contribution in [-0.2, 0) is 4.79 Å². The average molecular weight is 344 g/mol. The van der Waals surface area contributed by atoms with Crippen LogP contribution in [0.3, 0.4) is 0 Å². The number of benzene rings is 1. The first-order chi connectivity index (χ1) is 9.75. The lowest BCUT2D eigenvalue weighted by atomic mass is 10.2. The number of carbonyl (C=O) groups excluding carboxylic acids is 1. The van der Waals surface area contributed by atoms with Gasteiger partial charge in [-0.05, 0) is 24.4 Å². The second-order valence-electron chi connectivity index (χ2n) is 4.92. The number of halogens is 1. The molecule has 2 saturated heterocycles. The lowest BCUT2D eigenvalue weighted by Gasteiger charge is -2.27. The zero-order valence-electron chi connectivity index (χ0n) is 11.5. The van der Waals surface area contributed by atoms with Crippen LogP contribution in [0, 0.1) is 0 Å². The molecular weight excluding hydrogens is 326 g/mol. The Morgan fingerprint density at radius 3 is 2.57 bits per heavy atom. The van der Waals surface area contributed by atoms with Crippen LogP contribution in [0.15, 0.2) is 30.3 Å². The van der Waals surface area contributed by atoms with Gasteiger partial charge in [0.15, 0.2) is 5.11 Å². The maximum absolute atomic E-state index is 12.5. The third kappa shape index (κ3) is 3.69. The van der Waals surface area contributed by atoms with E-state index in [1.165, 1.54) is 0 Å². The second-order valence-corrected chi connectivity index (χ2v) is 6.54. The summed E-state index contributed by atoms with van der Waals surface area (Å²) in [6.45, 7) is 2.84. The maximum atomic E-state index is 12.5. The highest BCUT2D eigenvalue weighted by molar-refractivity contribution is 7.99. The van der Waals surface area contributed by atoms with E-state index < -0.39 is 0 Å². The zero-order chi connectivity index (χ0) is 13.9. The minimum Gasteiger partial charge on any atom is -0.349 e. The lowest BCUT2D eigenvalue weighted by Crippen LogP contribution is -2.45. The van der Waals surface area contributed by atoms with Gasteiger partial charge in [0.1, 0.15) is 6.04 Å². The van der Waals surface area contributed by atoms with Crippen molar-refractivity contribution in [2.75, 3.05) is 36.0 Å². The van der Waals surface area contributed by atoms with Crippen LogP contribution in [0.1, 0.15) is 0 Å². The molecule has 0 aromatic heterocycles. The average Bonchev–Trinajstić information content (AvgIpc) is 2.75. The number of hydrogen-bond donors (Lipinski definition) is 1. The highest BCUT2D eigenvalue weighted by atomic mass is 35.5. The fourth-order valence-electron chi connectivity index (χ4n) is 2.52. The van der Waals surface area contributed by atoms with Crippen LogP contribution >= 0.6 is 36.4 Å². The molecule has 1 unspecified atom stereocenters. The fourth-order valence-corrected chi connectivity index (χ4v) is 3.83. The third-order valence-corrected chi connectivity index (χ3v) is 4.82. The van der Waals surface area contributed by atoms with Gasteiger partial charge in [-0.1, -0.05) is 18.2 Å². The number of thiocarbonyl (C=S) groups is 1. The number of para-hydroxylation sites is 1. The van der Waals surface area contributed by atoms with Gasteiger partial charge in [0.05, 0.1) is 5.69 Å². The molecule has 7 heteroatoms. The molecule has 1 N–H and O–H groups in total. The summed E-state index contributed by atoms with van der Waals surface area (Å²) in [5.74, 6) is 2.35. The smallest absolute Gasteiger partial charge is 0.257 e. The molecule has 114 valence electrons. The quantitative estimate of drug-likeness (QED) is 0.846. The van der Waals surface area contributed by atoms with E-state index in [1.807, 2.05) is 42.1 Å². The van der Waals surface area contributed by atoms with E-state index in [4.69, 9.17) is 12.2 Å². The lowest BCUT2D eigenvalue weighted by molar-refractivity contribution is -0.118. The van der Waals surface area contributed by atoms with E-state index in [2.05, 4.69) is 10.2 Å². The summed E-state index contributed by atoms with van der Waals surface area (Å²) in [5.41, 5.74) is 0.840. The number of hydrogen-bond acceptors (Lipinski definition) is 4. The number of nitrogens with one attached hydrogen (secondary N) is 1. The molecule has 2 heterocycles. The Morgan fingerprint density at radius 2 is 1.90 bits per heavy atom. The summed E-state index contributed by atoms with van der Waals surface area (Å²) >= 11 is 7.29. The van der Waals surface area contributed by atoms with Crippen LogP contribution in [0.5, 0.6) is 0 Å². The first-order valence-corrected chi connectivity index (χ1v) is 8.31. The third-order valence-electron chi connectivity index (χ3n) is 3.58. The molecule has 2 aliphatic rings. The van der Waals surface area contributed by atoms with Crippen molar-refractivity contribution >= 4 is 53.1 Å². The highest BCUT2D eigenvalue weighted by Crippen LogP contribution is 2.20. The van der Waals surface area contributed by atoms with Gasteiger partial charge >= 0.3 is 0 Å². The maximum Gasteiger partial charge on any atom is 0.257 e. The molecule has 0 radical (unpaired) electrons.